The Morgan fingerprint density at radius 3 is 2.57 bits per heavy atom. The summed E-state index contributed by atoms with van der Waals surface area (Å²) >= 11 is 0. The molecule has 6 nitrogen and oxygen atoms in total. The van der Waals surface area contributed by atoms with Gasteiger partial charge in [0, 0.05) is 12.6 Å². The summed E-state index contributed by atoms with van der Waals surface area (Å²) in [6, 6.07) is 17.3. The summed E-state index contributed by atoms with van der Waals surface area (Å²) in [4.78, 5) is 0.122. The van der Waals surface area contributed by atoms with Gasteiger partial charge in [0.25, 0.3) is 0 Å². The Kier molecular flexibility index (Phi) is 6.04. The second-order valence-corrected chi connectivity index (χ2v) is 8.83. The van der Waals surface area contributed by atoms with Gasteiger partial charge in [0.05, 0.1) is 23.5 Å². The van der Waals surface area contributed by atoms with Crippen molar-refractivity contribution in [3.63, 3.8) is 0 Å². The number of nitrogens with two attached hydrogens (primary N) is 1. The summed E-state index contributed by atoms with van der Waals surface area (Å²) in [5, 5.41) is 18.6. The summed E-state index contributed by atoms with van der Waals surface area (Å²) in [5.41, 5.74) is 1.39. The minimum Gasteiger partial charge on any atom is -0.497 e. The molecule has 0 aromatic heterocycles. The highest BCUT2D eigenvalue weighted by molar-refractivity contribution is 7.89. The third-order valence-electron chi connectivity index (χ3n) is 5.50. The minimum absolute atomic E-state index is 0.122. The van der Waals surface area contributed by atoms with Crippen molar-refractivity contribution in [2.75, 3.05) is 7.11 Å². The standard InChI is InChI=1S/C21H25N3O3S/c1-27-19-6-3-5-17(13-19)21(15-22)10-8-18(9-11-21)24-14-16-4-2-7-20(12-16)28(23,25)26/h2-7,12-13,18,24H,8-11,14H2,1H3,(H2,23,25,26)/t18-,21+. The zero-order valence-corrected chi connectivity index (χ0v) is 16.7. The molecule has 3 N–H and O–H groups in total. The van der Waals surface area contributed by atoms with Gasteiger partial charge in [-0.3, -0.25) is 0 Å². The van der Waals surface area contributed by atoms with Crippen LogP contribution in [0.15, 0.2) is 53.4 Å². The maximum absolute atomic E-state index is 11.5. The molecule has 0 heterocycles. The van der Waals surface area contributed by atoms with Crippen molar-refractivity contribution in [2.45, 2.75) is 48.6 Å². The van der Waals surface area contributed by atoms with E-state index in [0.717, 1.165) is 42.6 Å². The SMILES string of the molecule is COc1cccc([C@]2(C#N)CC[C@H](NCc3cccc(S(N)(=O)=O)c3)CC2)c1. The zero-order chi connectivity index (χ0) is 20.2. The van der Waals surface area contributed by atoms with E-state index < -0.39 is 15.4 Å². The third kappa shape index (κ3) is 4.53. The molecule has 7 heteroatoms. The van der Waals surface area contributed by atoms with E-state index >= 15 is 0 Å². The molecule has 0 aliphatic heterocycles. The minimum atomic E-state index is -3.70. The van der Waals surface area contributed by atoms with Crippen LogP contribution in [0.3, 0.4) is 0 Å². The molecule has 0 bridgehead atoms. The smallest absolute Gasteiger partial charge is 0.238 e. The summed E-state index contributed by atoms with van der Waals surface area (Å²) in [6.07, 6.45) is 3.29. The van der Waals surface area contributed by atoms with Gasteiger partial charge in [-0.15, -0.1) is 0 Å². The van der Waals surface area contributed by atoms with Crippen LogP contribution in [0.25, 0.3) is 0 Å². The molecule has 148 valence electrons. The summed E-state index contributed by atoms with van der Waals surface area (Å²) in [6.45, 7) is 0.562. The number of nitrogens with one attached hydrogen (secondary N) is 1. The number of hydrogen-bond acceptors (Lipinski definition) is 5. The Hall–Kier alpha value is -2.40. The van der Waals surface area contributed by atoms with Crippen molar-refractivity contribution in [2.24, 2.45) is 5.14 Å². The van der Waals surface area contributed by atoms with Crippen molar-refractivity contribution < 1.29 is 13.2 Å². The molecule has 0 spiro atoms. The molecule has 1 saturated carbocycles. The first-order valence-electron chi connectivity index (χ1n) is 9.27. The monoisotopic (exact) mass is 399 g/mol. The van der Waals surface area contributed by atoms with Crippen molar-refractivity contribution in [3.8, 4) is 11.8 Å². The van der Waals surface area contributed by atoms with Gasteiger partial charge >= 0.3 is 0 Å². The fraction of sp³-hybridized carbons (Fsp3) is 0.381. The lowest BCUT2D eigenvalue weighted by atomic mass is 9.69. The predicted octanol–water partition coefficient (Wildman–Crippen LogP) is 2.84. The second-order valence-electron chi connectivity index (χ2n) is 7.27. The van der Waals surface area contributed by atoms with Crippen LogP contribution in [0.5, 0.6) is 5.75 Å². The Balaban J connectivity index is 1.63. The number of benzene rings is 2. The maximum atomic E-state index is 11.5. The largest absolute Gasteiger partial charge is 0.497 e. The van der Waals surface area contributed by atoms with E-state index in [4.69, 9.17) is 9.88 Å². The lowest BCUT2D eigenvalue weighted by Gasteiger charge is -2.36. The van der Waals surface area contributed by atoms with Gasteiger partial charge in [0.15, 0.2) is 0 Å². The summed E-state index contributed by atoms with van der Waals surface area (Å²) in [7, 11) is -2.07. The fourth-order valence-electron chi connectivity index (χ4n) is 3.80. The van der Waals surface area contributed by atoms with Gasteiger partial charge in [0.2, 0.25) is 10.0 Å². The summed E-state index contributed by atoms with van der Waals surface area (Å²) < 4.78 is 28.3. The lowest BCUT2D eigenvalue weighted by molar-refractivity contribution is 0.294. The molecule has 0 amide bonds. The van der Waals surface area contributed by atoms with E-state index in [1.54, 1.807) is 19.2 Å². The van der Waals surface area contributed by atoms with Gasteiger partial charge in [-0.05, 0) is 61.1 Å². The first kappa shape index (κ1) is 20.3. The van der Waals surface area contributed by atoms with Gasteiger partial charge in [-0.2, -0.15) is 5.26 Å². The first-order chi connectivity index (χ1) is 13.4. The topological polar surface area (TPSA) is 105 Å². The van der Waals surface area contributed by atoms with Crippen molar-refractivity contribution in [3.05, 3.63) is 59.7 Å². The average molecular weight is 400 g/mol. The maximum Gasteiger partial charge on any atom is 0.238 e. The van der Waals surface area contributed by atoms with E-state index in [2.05, 4.69) is 11.4 Å². The number of sulfonamides is 1. The van der Waals surface area contributed by atoms with Crippen molar-refractivity contribution in [1.29, 1.82) is 5.26 Å². The Morgan fingerprint density at radius 2 is 1.93 bits per heavy atom. The van der Waals surface area contributed by atoms with E-state index in [1.807, 2.05) is 30.3 Å². The van der Waals surface area contributed by atoms with Gasteiger partial charge in [-0.1, -0.05) is 24.3 Å². The molecule has 1 aliphatic carbocycles. The van der Waals surface area contributed by atoms with Gasteiger partial charge in [-0.25, -0.2) is 13.6 Å². The first-order valence-corrected chi connectivity index (χ1v) is 10.8. The number of nitriles is 1. The molecule has 1 fully saturated rings. The molecule has 28 heavy (non-hydrogen) atoms. The molecule has 0 unspecified atom stereocenters. The van der Waals surface area contributed by atoms with Crippen LogP contribution < -0.4 is 15.2 Å². The third-order valence-corrected chi connectivity index (χ3v) is 6.41. The molecule has 0 atom stereocenters. The second kappa shape index (κ2) is 8.31. The fourth-order valence-corrected chi connectivity index (χ4v) is 4.38. The normalized spacial score (nSPS) is 22.4. The van der Waals surface area contributed by atoms with E-state index in [9.17, 15) is 13.7 Å². The van der Waals surface area contributed by atoms with Crippen molar-refractivity contribution >= 4 is 10.0 Å². The van der Waals surface area contributed by atoms with E-state index in [0.29, 0.717) is 6.54 Å². The van der Waals surface area contributed by atoms with Crippen LogP contribution in [-0.2, 0) is 22.0 Å². The van der Waals surface area contributed by atoms with Crippen molar-refractivity contribution in [1.82, 2.24) is 5.32 Å². The van der Waals surface area contributed by atoms with Crippen LogP contribution in [0.1, 0.15) is 36.8 Å². The summed E-state index contributed by atoms with van der Waals surface area (Å²) in [5.74, 6) is 0.766. The average Bonchev–Trinajstić information content (AvgIpc) is 2.72. The number of methoxy groups -OCH3 is 1. The molecular weight excluding hydrogens is 374 g/mol. The number of ether oxygens (including phenoxy) is 1. The van der Waals surface area contributed by atoms with Crippen LogP contribution in [0.4, 0.5) is 0 Å². The Bertz CT molecular complexity index is 974. The number of nitrogens with zero attached hydrogens (tertiary/aromatic N) is 1. The lowest BCUT2D eigenvalue weighted by Crippen LogP contribution is -2.39. The van der Waals surface area contributed by atoms with Crippen LogP contribution in [0, 0.1) is 11.3 Å². The highest BCUT2D eigenvalue weighted by atomic mass is 32.2. The van der Waals surface area contributed by atoms with Crippen LogP contribution in [0.2, 0.25) is 0 Å². The number of rotatable bonds is 6. The van der Waals surface area contributed by atoms with Crippen LogP contribution >= 0.6 is 0 Å². The van der Waals surface area contributed by atoms with E-state index in [1.165, 1.54) is 6.07 Å². The number of primary sulfonamides is 1. The highest BCUT2D eigenvalue weighted by Crippen LogP contribution is 2.40. The number of hydrogen-bond donors (Lipinski definition) is 2. The highest BCUT2D eigenvalue weighted by Gasteiger charge is 2.37. The van der Waals surface area contributed by atoms with Gasteiger partial charge < -0.3 is 10.1 Å². The molecule has 1 aliphatic rings. The molecular formula is C21H25N3O3S. The van der Waals surface area contributed by atoms with Crippen LogP contribution in [-0.4, -0.2) is 21.6 Å². The Morgan fingerprint density at radius 1 is 1.21 bits per heavy atom. The zero-order valence-electron chi connectivity index (χ0n) is 15.9. The van der Waals surface area contributed by atoms with Gasteiger partial charge in [0.1, 0.15) is 5.75 Å². The molecule has 0 saturated heterocycles. The molecule has 2 aromatic carbocycles. The quantitative estimate of drug-likeness (QED) is 0.777. The Labute approximate surface area is 166 Å². The molecule has 0 radical (unpaired) electrons. The van der Waals surface area contributed by atoms with E-state index in [-0.39, 0.29) is 10.9 Å². The molecule has 2 aromatic rings. The predicted molar refractivity (Wildman–Crippen MR) is 107 cm³/mol. The molecule has 3 rings (SSSR count).